The highest BCUT2D eigenvalue weighted by molar-refractivity contribution is 7.89. The lowest BCUT2D eigenvalue weighted by atomic mass is 10.5. The van der Waals surface area contributed by atoms with Gasteiger partial charge in [0.1, 0.15) is 0 Å². The lowest BCUT2D eigenvalue weighted by Crippen LogP contribution is -2.11. The maximum absolute atomic E-state index is 10.9. The van der Waals surface area contributed by atoms with Crippen LogP contribution in [-0.4, -0.2) is 23.8 Å². The first-order chi connectivity index (χ1) is 5.05. The third-order valence-electron chi connectivity index (χ3n) is 1.31. The molecule has 0 bridgehead atoms. The van der Waals surface area contributed by atoms with E-state index in [2.05, 4.69) is 0 Å². The lowest BCUT2D eigenvalue weighted by molar-refractivity contribution is 0.276. The molecular weight excluding hydrogens is 166 g/mol. The fourth-order valence-corrected chi connectivity index (χ4v) is 1.68. The summed E-state index contributed by atoms with van der Waals surface area (Å²) in [7, 11) is -3.25. The van der Waals surface area contributed by atoms with Crippen molar-refractivity contribution in [1.29, 1.82) is 0 Å². The van der Waals surface area contributed by atoms with Gasteiger partial charge < -0.3 is 5.11 Å². The van der Waals surface area contributed by atoms with Crippen molar-refractivity contribution in [2.24, 2.45) is 0 Å². The molecule has 4 nitrogen and oxygen atoms in total. The molecule has 11 heavy (non-hydrogen) atoms. The van der Waals surface area contributed by atoms with Gasteiger partial charge in [-0.25, -0.2) is 12.4 Å². The molecule has 0 radical (unpaired) electrons. The minimum atomic E-state index is -3.25. The van der Waals surface area contributed by atoms with Gasteiger partial charge in [-0.2, -0.15) is 0 Å². The second-order valence-electron chi connectivity index (χ2n) is 2.22. The number of aliphatic hydroxyl groups excluding tert-OH is 1. The molecule has 0 aliphatic carbocycles. The summed E-state index contributed by atoms with van der Waals surface area (Å²) in [6, 6.07) is 3.13. The molecule has 1 rings (SSSR count). The summed E-state index contributed by atoms with van der Waals surface area (Å²) in [6.45, 7) is -0.264. The van der Waals surface area contributed by atoms with E-state index in [4.69, 9.17) is 5.11 Å². The van der Waals surface area contributed by atoms with E-state index in [0.29, 0.717) is 5.69 Å². The van der Waals surface area contributed by atoms with Crippen molar-refractivity contribution < 1.29 is 13.5 Å². The summed E-state index contributed by atoms with van der Waals surface area (Å²) < 4.78 is 22.9. The highest BCUT2D eigenvalue weighted by Gasteiger charge is 2.07. The molecule has 0 amide bonds. The molecule has 5 heteroatoms. The van der Waals surface area contributed by atoms with Crippen LogP contribution in [0.4, 0.5) is 0 Å². The van der Waals surface area contributed by atoms with Crippen LogP contribution in [0.3, 0.4) is 0 Å². The highest BCUT2D eigenvalue weighted by atomic mass is 32.2. The Hall–Kier alpha value is -0.810. The summed E-state index contributed by atoms with van der Waals surface area (Å²) >= 11 is 0. The molecule has 0 saturated heterocycles. The van der Waals surface area contributed by atoms with Gasteiger partial charge in [0.15, 0.2) is 0 Å². The van der Waals surface area contributed by atoms with Crippen LogP contribution in [0.2, 0.25) is 0 Å². The lowest BCUT2D eigenvalue weighted by Gasteiger charge is -2.02. The van der Waals surface area contributed by atoms with Gasteiger partial charge in [-0.05, 0) is 12.1 Å². The highest BCUT2D eigenvalue weighted by Crippen LogP contribution is 2.04. The zero-order valence-electron chi connectivity index (χ0n) is 6.06. The maximum Gasteiger partial charge on any atom is 0.235 e. The minimum Gasteiger partial charge on any atom is -0.390 e. The van der Waals surface area contributed by atoms with Crippen LogP contribution >= 0.6 is 0 Å². The second kappa shape index (κ2) is 2.67. The molecule has 0 aliphatic rings. The summed E-state index contributed by atoms with van der Waals surface area (Å²) in [5.41, 5.74) is 0.382. The summed E-state index contributed by atoms with van der Waals surface area (Å²) in [5.74, 6) is 0. The van der Waals surface area contributed by atoms with Gasteiger partial charge in [0, 0.05) is 6.20 Å². The van der Waals surface area contributed by atoms with Gasteiger partial charge >= 0.3 is 0 Å². The van der Waals surface area contributed by atoms with Crippen LogP contribution in [0.5, 0.6) is 0 Å². The van der Waals surface area contributed by atoms with Crippen LogP contribution in [-0.2, 0) is 16.6 Å². The number of aliphatic hydroxyl groups is 1. The number of hydrogen-bond acceptors (Lipinski definition) is 3. The van der Waals surface area contributed by atoms with Gasteiger partial charge in [0.25, 0.3) is 0 Å². The minimum absolute atomic E-state index is 0.264. The SMILES string of the molecule is CS(=O)(=O)n1cccc1CO. The quantitative estimate of drug-likeness (QED) is 0.676. The molecule has 0 saturated carbocycles. The third kappa shape index (κ3) is 1.61. The maximum atomic E-state index is 10.9. The topological polar surface area (TPSA) is 59.3 Å². The summed E-state index contributed by atoms with van der Waals surface area (Å²) in [5, 5.41) is 8.69. The molecular formula is C6H9NO3S. The van der Waals surface area contributed by atoms with E-state index < -0.39 is 10.0 Å². The fourth-order valence-electron chi connectivity index (χ4n) is 0.847. The molecule has 0 fully saturated rings. The van der Waals surface area contributed by atoms with Crippen molar-refractivity contribution in [3.63, 3.8) is 0 Å². The van der Waals surface area contributed by atoms with E-state index in [1.54, 1.807) is 12.1 Å². The van der Waals surface area contributed by atoms with Crippen LogP contribution in [0.15, 0.2) is 18.3 Å². The van der Waals surface area contributed by atoms with Crippen molar-refractivity contribution in [2.45, 2.75) is 6.61 Å². The molecule has 0 aliphatic heterocycles. The van der Waals surface area contributed by atoms with Crippen LogP contribution < -0.4 is 0 Å². The Bertz CT molecular complexity index is 338. The molecule has 1 aromatic heterocycles. The largest absolute Gasteiger partial charge is 0.390 e. The monoisotopic (exact) mass is 175 g/mol. The number of aromatic nitrogens is 1. The molecule has 0 spiro atoms. The Kier molecular flexibility index (Phi) is 2.01. The first-order valence-electron chi connectivity index (χ1n) is 3.03. The van der Waals surface area contributed by atoms with Crippen LogP contribution in [0, 0.1) is 0 Å². The third-order valence-corrected chi connectivity index (χ3v) is 2.38. The normalized spacial score (nSPS) is 11.8. The first-order valence-corrected chi connectivity index (χ1v) is 4.88. The number of rotatable bonds is 2. The molecule has 62 valence electrons. The van der Waals surface area contributed by atoms with Gasteiger partial charge in [-0.3, -0.25) is 0 Å². The van der Waals surface area contributed by atoms with E-state index in [-0.39, 0.29) is 6.61 Å². The van der Waals surface area contributed by atoms with E-state index >= 15 is 0 Å². The van der Waals surface area contributed by atoms with Gasteiger partial charge in [0.2, 0.25) is 10.0 Å². The standard InChI is InChI=1S/C6H9NO3S/c1-11(9,10)7-4-2-3-6(7)5-8/h2-4,8H,5H2,1H3. The average Bonchev–Trinajstić information content (AvgIpc) is 2.31. The predicted molar refractivity (Wildman–Crippen MR) is 40.6 cm³/mol. The molecule has 1 heterocycles. The van der Waals surface area contributed by atoms with Crippen molar-refractivity contribution in [1.82, 2.24) is 3.97 Å². The smallest absolute Gasteiger partial charge is 0.235 e. The Balaban J connectivity index is 3.24. The van der Waals surface area contributed by atoms with Crippen molar-refractivity contribution >= 4 is 10.0 Å². The second-order valence-corrected chi connectivity index (χ2v) is 4.08. The summed E-state index contributed by atoms with van der Waals surface area (Å²) in [4.78, 5) is 0. The van der Waals surface area contributed by atoms with Crippen LogP contribution in [0.1, 0.15) is 5.69 Å². The Morgan fingerprint density at radius 1 is 1.64 bits per heavy atom. The molecule has 0 unspecified atom stereocenters. The van der Waals surface area contributed by atoms with Crippen molar-refractivity contribution in [2.75, 3.05) is 6.26 Å². The van der Waals surface area contributed by atoms with E-state index in [9.17, 15) is 8.42 Å². The molecule has 0 atom stereocenters. The van der Waals surface area contributed by atoms with Gasteiger partial charge in [-0.15, -0.1) is 0 Å². The average molecular weight is 175 g/mol. The predicted octanol–water partition coefficient (Wildman–Crippen LogP) is -0.212. The van der Waals surface area contributed by atoms with Crippen molar-refractivity contribution in [3.8, 4) is 0 Å². The summed E-state index contributed by atoms with van der Waals surface area (Å²) in [6.07, 6.45) is 2.49. The van der Waals surface area contributed by atoms with E-state index in [0.717, 1.165) is 10.2 Å². The zero-order chi connectivity index (χ0) is 8.48. The first kappa shape index (κ1) is 8.29. The molecule has 1 N–H and O–H groups in total. The van der Waals surface area contributed by atoms with E-state index in [1.165, 1.54) is 6.20 Å². The molecule has 1 aromatic rings. The Labute approximate surface area is 65.1 Å². The Morgan fingerprint density at radius 3 is 2.64 bits per heavy atom. The van der Waals surface area contributed by atoms with Crippen molar-refractivity contribution in [3.05, 3.63) is 24.0 Å². The van der Waals surface area contributed by atoms with Gasteiger partial charge in [0.05, 0.1) is 18.6 Å². The van der Waals surface area contributed by atoms with Crippen LogP contribution in [0.25, 0.3) is 0 Å². The molecule has 0 aromatic carbocycles. The van der Waals surface area contributed by atoms with Gasteiger partial charge in [-0.1, -0.05) is 0 Å². The van der Waals surface area contributed by atoms with E-state index in [1.807, 2.05) is 0 Å². The Morgan fingerprint density at radius 2 is 2.27 bits per heavy atom. The number of nitrogens with zero attached hydrogens (tertiary/aromatic N) is 1. The fraction of sp³-hybridized carbons (Fsp3) is 0.333. The zero-order valence-corrected chi connectivity index (χ0v) is 6.87. The number of hydrogen-bond donors (Lipinski definition) is 1.